The minimum Gasteiger partial charge on any atom is -0.447 e. The maximum Gasteiger partial charge on any atom is 0.410 e. The first-order chi connectivity index (χ1) is 12.6. The molecule has 1 saturated heterocycles. The third-order valence-corrected chi connectivity index (χ3v) is 5.04. The average molecular weight is 358 g/mol. The molecule has 1 aliphatic carbocycles. The van der Waals surface area contributed by atoms with E-state index in [1.807, 2.05) is 30.9 Å². The van der Waals surface area contributed by atoms with Gasteiger partial charge in [0.2, 0.25) is 0 Å². The van der Waals surface area contributed by atoms with E-state index < -0.39 is 0 Å². The van der Waals surface area contributed by atoms with Crippen molar-refractivity contribution in [3.8, 4) is 0 Å². The summed E-state index contributed by atoms with van der Waals surface area (Å²) in [6.45, 7) is 5.88. The highest BCUT2D eigenvalue weighted by atomic mass is 16.6. The fourth-order valence-corrected chi connectivity index (χ4v) is 3.59. The summed E-state index contributed by atoms with van der Waals surface area (Å²) in [5, 5.41) is 9.02. The number of carbonyl (C=O) groups is 1. The predicted octanol–water partition coefficient (Wildman–Crippen LogP) is 2.58. The Balaban J connectivity index is 1.45. The molecule has 1 saturated carbocycles. The second-order valence-electron chi connectivity index (χ2n) is 7.50. The molecular weight excluding hydrogens is 332 g/mol. The van der Waals surface area contributed by atoms with Gasteiger partial charge in [-0.3, -0.25) is 0 Å². The Hall–Kier alpha value is -2.38. The Bertz CT molecular complexity index is 742. The Morgan fingerprint density at radius 2 is 2.00 bits per heavy atom. The van der Waals surface area contributed by atoms with Crippen LogP contribution in [-0.4, -0.2) is 54.5 Å². The number of amides is 1. The van der Waals surface area contributed by atoms with Crippen molar-refractivity contribution < 1.29 is 9.53 Å². The number of piperidine rings is 1. The van der Waals surface area contributed by atoms with Gasteiger partial charge in [-0.05, 0) is 39.5 Å². The fourth-order valence-electron chi connectivity index (χ4n) is 3.59. The molecule has 26 heavy (non-hydrogen) atoms. The zero-order valence-corrected chi connectivity index (χ0v) is 15.4. The van der Waals surface area contributed by atoms with Gasteiger partial charge in [0.1, 0.15) is 5.82 Å². The number of nitrogens with zero attached hydrogens (tertiary/aromatic N) is 6. The van der Waals surface area contributed by atoms with E-state index in [9.17, 15) is 4.79 Å². The van der Waals surface area contributed by atoms with Gasteiger partial charge in [-0.25, -0.2) is 9.78 Å². The molecule has 0 spiro atoms. The Labute approximate surface area is 153 Å². The summed E-state index contributed by atoms with van der Waals surface area (Å²) in [5.74, 6) is 2.43. The largest absolute Gasteiger partial charge is 0.447 e. The molecule has 2 fully saturated rings. The first-order valence-electron chi connectivity index (χ1n) is 9.46. The smallest absolute Gasteiger partial charge is 0.410 e. The van der Waals surface area contributed by atoms with Crippen LogP contribution in [0.1, 0.15) is 63.1 Å². The van der Waals surface area contributed by atoms with Crippen LogP contribution in [0.3, 0.4) is 0 Å². The number of aromatic nitrogens is 5. The number of likely N-dealkylation sites (tertiary alicyclic amines) is 1. The lowest BCUT2D eigenvalue weighted by Gasteiger charge is -2.31. The van der Waals surface area contributed by atoms with E-state index >= 15 is 0 Å². The quantitative estimate of drug-likeness (QED) is 0.821. The van der Waals surface area contributed by atoms with Crippen molar-refractivity contribution in [3.63, 3.8) is 0 Å². The fraction of sp³-hybridized carbons (Fsp3) is 0.667. The van der Waals surface area contributed by atoms with E-state index in [0.29, 0.717) is 31.6 Å². The molecule has 2 aromatic rings. The Kier molecular flexibility index (Phi) is 4.65. The van der Waals surface area contributed by atoms with Crippen molar-refractivity contribution in [3.05, 3.63) is 30.4 Å². The van der Waals surface area contributed by atoms with Crippen LogP contribution in [0.5, 0.6) is 0 Å². The molecule has 8 nitrogen and oxygen atoms in total. The number of rotatable bonds is 5. The SMILES string of the molecule is CC(C)OC(=O)N1CCC(c2nnc(Cn3ccnc3)n2C2CC2)CC1. The predicted molar refractivity (Wildman–Crippen MR) is 94.8 cm³/mol. The van der Waals surface area contributed by atoms with E-state index in [1.54, 1.807) is 11.1 Å². The van der Waals surface area contributed by atoms with Gasteiger partial charge in [0.25, 0.3) is 0 Å². The van der Waals surface area contributed by atoms with Crippen LogP contribution >= 0.6 is 0 Å². The standard InChI is InChI=1S/C18H26N6O2/c1-13(2)26-18(25)23-8-5-14(6-9-23)17-21-20-16(24(17)15-3-4-15)11-22-10-7-19-12-22/h7,10,12-15H,3-6,8-9,11H2,1-2H3. The summed E-state index contributed by atoms with van der Waals surface area (Å²) in [6.07, 6.45) is 9.46. The molecule has 0 bridgehead atoms. The first kappa shape index (κ1) is 17.1. The van der Waals surface area contributed by atoms with Crippen LogP contribution in [-0.2, 0) is 11.3 Å². The topological polar surface area (TPSA) is 78.1 Å². The molecule has 1 aliphatic heterocycles. The summed E-state index contributed by atoms with van der Waals surface area (Å²) < 4.78 is 9.68. The van der Waals surface area contributed by atoms with Crippen molar-refractivity contribution in [2.75, 3.05) is 13.1 Å². The lowest BCUT2D eigenvalue weighted by Crippen LogP contribution is -2.39. The highest BCUT2D eigenvalue weighted by molar-refractivity contribution is 5.67. The van der Waals surface area contributed by atoms with E-state index in [1.165, 1.54) is 12.8 Å². The zero-order chi connectivity index (χ0) is 18.1. The summed E-state index contributed by atoms with van der Waals surface area (Å²) in [5.41, 5.74) is 0. The van der Waals surface area contributed by atoms with Crippen LogP contribution in [0.4, 0.5) is 4.79 Å². The zero-order valence-electron chi connectivity index (χ0n) is 15.4. The highest BCUT2D eigenvalue weighted by Gasteiger charge is 2.34. The average Bonchev–Trinajstić information content (AvgIpc) is 3.16. The lowest BCUT2D eigenvalue weighted by molar-refractivity contribution is 0.0687. The minimum atomic E-state index is -0.206. The second kappa shape index (κ2) is 7.09. The molecule has 8 heteroatoms. The van der Waals surface area contributed by atoms with Crippen molar-refractivity contribution in [1.82, 2.24) is 29.2 Å². The third kappa shape index (κ3) is 3.59. The van der Waals surface area contributed by atoms with Gasteiger partial charge in [0, 0.05) is 37.4 Å². The number of hydrogen-bond donors (Lipinski definition) is 0. The Morgan fingerprint density at radius 1 is 1.23 bits per heavy atom. The van der Waals surface area contributed by atoms with Crippen LogP contribution in [0.15, 0.2) is 18.7 Å². The monoisotopic (exact) mass is 358 g/mol. The minimum absolute atomic E-state index is 0.0797. The van der Waals surface area contributed by atoms with Crippen LogP contribution in [0.25, 0.3) is 0 Å². The molecule has 140 valence electrons. The molecule has 3 heterocycles. The van der Waals surface area contributed by atoms with E-state index in [4.69, 9.17) is 4.74 Å². The van der Waals surface area contributed by atoms with E-state index in [0.717, 1.165) is 24.5 Å². The summed E-state index contributed by atoms with van der Waals surface area (Å²) in [4.78, 5) is 18.0. The Morgan fingerprint density at radius 3 is 2.62 bits per heavy atom. The molecule has 0 aromatic carbocycles. The van der Waals surface area contributed by atoms with E-state index in [-0.39, 0.29) is 12.2 Å². The highest BCUT2D eigenvalue weighted by Crippen LogP contribution is 2.40. The van der Waals surface area contributed by atoms with E-state index in [2.05, 4.69) is 19.7 Å². The maximum atomic E-state index is 12.1. The number of carbonyl (C=O) groups excluding carboxylic acids is 1. The van der Waals surface area contributed by atoms with Gasteiger partial charge >= 0.3 is 6.09 Å². The molecule has 2 aromatic heterocycles. The number of imidazole rings is 1. The molecule has 0 N–H and O–H groups in total. The van der Waals surface area contributed by atoms with Crippen molar-refractivity contribution >= 4 is 6.09 Å². The second-order valence-corrected chi connectivity index (χ2v) is 7.50. The van der Waals surface area contributed by atoms with Crippen LogP contribution < -0.4 is 0 Å². The lowest BCUT2D eigenvalue weighted by atomic mass is 9.96. The normalized spacial score (nSPS) is 18.5. The van der Waals surface area contributed by atoms with Gasteiger partial charge < -0.3 is 18.8 Å². The van der Waals surface area contributed by atoms with Crippen molar-refractivity contribution in [2.24, 2.45) is 0 Å². The molecule has 0 atom stereocenters. The number of ether oxygens (including phenoxy) is 1. The van der Waals surface area contributed by atoms with Crippen molar-refractivity contribution in [1.29, 1.82) is 0 Å². The van der Waals surface area contributed by atoms with Gasteiger partial charge in [-0.2, -0.15) is 0 Å². The molecule has 0 radical (unpaired) electrons. The number of hydrogen-bond acceptors (Lipinski definition) is 5. The summed E-state index contributed by atoms with van der Waals surface area (Å²) in [6, 6.07) is 0.530. The third-order valence-electron chi connectivity index (χ3n) is 5.04. The molecular formula is C18H26N6O2. The van der Waals surface area contributed by atoms with Crippen molar-refractivity contribution in [2.45, 2.75) is 64.1 Å². The first-order valence-corrected chi connectivity index (χ1v) is 9.46. The molecule has 2 aliphatic rings. The van der Waals surface area contributed by atoms with Gasteiger partial charge in [-0.15, -0.1) is 10.2 Å². The van der Waals surface area contributed by atoms with Gasteiger partial charge in [-0.1, -0.05) is 0 Å². The van der Waals surface area contributed by atoms with Gasteiger partial charge in [0.15, 0.2) is 5.82 Å². The molecule has 1 amide bonds. The molecule has 4 rings (SSSR count). The van der Waals surface area contributed by atoms with Crippen LogP contribution in [0, 0.1) is 0 Å². The maximum absolute atomic E-state index is 12.1. The molecule has 0 unspecified atom stereocenters. The summed E-state index contributed by atoms with van der Waals surface area (Å²) in [7, 11) is 0. The van der Waals surface area contributed by atoms with Crippen LogP contribution in [0.2, 0.25) is 0 Å². The summed E-state index contributed by atoms with van der Waals surface area (Å²) >= 11 is 0. The van der Waals surface area contributed by atoms with Gasteiger partial charge in [0.05, 0.1) is 19.0 Å².